The van der Waals surface area contributed by atoms with Crippen molar-refractivity contribution in [2.75, 3.05) is 72.7 Å². The maximum absolute atomic E-state index is 12.0. The number of rotatable bonds is 52. The van der Waals surface area contributed by atoms with Crippen molar-refractivity contribution in [3.8, 4) is 0 Å². The van der Waals surface area contributed by atoms with E-state index in [0.717, 1.165) is 57.8 Å². The standard InChI is InChI=1S/C54H92O19/c1-3-64-44-45-73-54(63)35-19-11-27-43-72-53(62)34-18-10-26-42-71-52(61)33-17-9-25-41-70-51(60)32-16-8-24-40-69-50(59)31-15-7-23-39-68-49(58)30-14-6-22-38-67-48(57)29-13-5-21-37-66-47(56)28-12-4-20-36-65-46(2)55/h3-45H2,1-2H3. The normalized spacial score (nSPS) is 10.8. The third kappa shape index (κ3) is 53.3. The predicted molar refractivity (Wildman–Crippen MR) is 269 cm³/mol. The van der Waals surface area contributed by atoms with E-state index in [9.17, 15) is 43.2 Å². The van der Waals surface area contributed by atoms with Crippen LogP contribution in [0.2, 0.25) is 0 Å². The number of unbranched alkanes of at least 4 members (excludes halogenated alkanes) is 16. The van der Waals surface area contributed by atoms with Crippen LogP contribution in [0.4, 0.5) is 0 Å². The van der Waals surface area contributed by atoms with Crippen molar-refractivity contribution in [2.45, 2.75) is 219 Å². The first-order valence-electron chi connectivity index (χ1n) is 27.4. The molecule has 0 aliphatic rings. The van der Waals surface area contributed by atoms with Crippen molar-refractivity contribution in [1.29, 1.82) is 0 Å². The molecular formula is C54H92O19. The molecule has 0 spiro atoms. The molecule has 0 aliphatic heterocycles. The lowest BCUT2D eigenvalue weighted by atomic mass is 10.2. The number of ether oxygens (including phenoxy) is 10. The number of hydrogen-bond acceptors (Lipinski definition) is 19. The monoisotopic (exact) mass is 1040 g/mol. The number of carbonyl (C=O) groups excluding carboxylic acids is 9. The zero-order valence-electron chi connectivity index (χ0n) is 44.7. The molecule has 19 nitrogen and oxygen atoms in total. The summed E-state index contributed by atoms with van der Waals surface area (Å²) >= 11 is 0. The summed E-state index contributed by atoms with van der Waals surface area (Å²) < 4.78 is 51.8. The van der Waals surface area contributed by atoms with E-state index in [-0.39, 0.29) is 73.2 Å². The Morgan fingerprint density at radius 1 is 0.219 bits per heavy atom. The van der Waals surface area contributed by atoms with Gasteiger partial charge in [-0.25, -0.2) is 0 Å². The summed E-state index contributed by atoms with van der Waals surface area (Å²) in [6.45, 7) is 7.00. The lowest BCUT2D eigenvalue weighted by Crippen LogP contribution is -2.10. The van der Waals surface area contributed by atoms with Crippen LogP contribution in [0.5, 0.6) is 0 Å². The Kier molecular flexibility index (Phi) is 48.6. The smallest absolute Gasteiger partial charge is 0.305 e. The summed E-state index contributed by atoms with van der Waals surface area (Å²) in [4.78, 5) is 106. The first-order valence-corrected chi connectivity index (χ1v) is 27.4. The SMILES string of the molecule is CCOCCOC(=O)CCCCCOC(=O)CCCCCOC(=O)CCCCCOC(=O)CCCCCOC(=O)CCCCCOC(=O)CCCCCOC(=O)CCCCCOC(=O)CCCCCOC(C)=O. The second kappa shape index (κ2) is 52.1. The van der Waals surface area contributed by atoms with Gasteiger partial charge in [0.15, 0.2) is 0 Å². The zero-order valence-corrected chi connectivity index (χ0v) is 44.7. The fourth-order valence-corrected chi connectivity index (χ4v) is 6.84. The van der Waals surface area contributed by atoms with Gasteiger partial charge in [-0.15, -0.1) is 0 Å². The average molecular weight is 1050 g/mol. The van der Waals surface area contributed by atoms with Gasteiger partial charge in [0.2, 0.25) is 0 Å². The molecule has 19 heteroatoms. The third-order valence-electron chi connectivity index (χ3n) is 11.0. The van der Waals surface area contributed by atoms with Crippen LogP contribution in [0.1, 0.15) is 219 Å². The zero-order chi connectivity index (χ0) is 53.7. The van der Waals surface area contributed by atoms with E-state index >= 15 is 0 Å². The van der Waals surface area contributed by atoms with Crippen molar-refractivity contribution >= 4 is 53.7 Å². The highest BCUT2D eigenvalue weighted by Gasteiger charge is 2.10. The number of carbonyl (C=O) groups is 9. The van der Waals surface area contributed by atoms with E-state index in [2.05, 4.69) is 0 Å². The molecule has 0 aliphatic carbocycles. The summed E-state index contributed by atoms with van der Waals surface area (Å²) in [7, 11) is 0. The molecule has 0 aromatic carbocycles. The second-order valence-electron chi connectivity index (χ2n) is 17.8. The van der Waals surface area contributed by atoms with Gasteiger partial charge in [0.25, 0.3) is 0 Å². The van der Waals surface area contributed by atoms with Gasteiger partial charge in [0.05, 0.1) is 59.5 Å². The highest BCUT2D eigenvalue weighted by atomic mass is 16.6. The van der Waals surface area contributed by atoms with E-state index in [1.54, 1.807) is 0 Å². The number of hydrogen-bond donors (Lipinski definition) is 0. The van der Waals surface area contributed by atoms with Gasteiger partial charge >= 0.3 is 53.7 Å². The van der Waals surface area contributed by atoms with Gasteiger partial charge in [-0.2, -0.15) is 0 Å². The first kappa shape index (κ1) is 68.2. The van der Waals surface area contributed by atoms with Gasteiger partial charge in [-0.05, 0) is 161 Å². The average Bonchev–Trinajstić information content (AvgIpc) is 3.36. The van der Waals surface area contributed by atoms with Crippen molar-refractivity contribution in [1.82, 2.24) is 0 Å². The Hall–Kier alpha value is -4.81. The maximum atomic E-state index is 12.0. The van der Waals surface area contributed by atoms with Crippen LogP contribution in [-0.4, -0.2) is 126 Å². The van der Waals surface area contributed by atoms with Crippen LogP contribution in [0.3, 0.4) is 0 Å². The minimum atomic E-state index is -0.305. The second-order valence-corrected chi connectivity index (χ2v) is 17.8. The highest BCUT2D eigenvalue weighted by Crippen LogP contribution is 2.11. The van der Waals surface area contributed by atoms with Crippen LogP contribution in [-0.2, 0) is 90.5 Å². The minimum Gasteiger partial charge on any atom is -0.466 e. The molecule has 0 aromatic heterocycles. The minimum absolute atomic E-state index is 0.246. The Balaban J connectivity index is 3.49. The van der Waals surface area contributed by atoms with Gasteiger partial charge in [-0.1, -0.05) is 0 Å². The lowest BCUT2D eigenvalue weighted by Gasteiger charge is -2.07. The highest BCUT2D eigenvalue weighted by molar-refractivity contribution is 5.71. The summed E-state index contributed by atoms with van der Waals surface area (Å²) in [6.07, 6.45) is 19.0. The van der Waals surface area contributed by atoms with Gasteiger partial charge in [0, 0.05) is 64.9 Å². The Labute approximate surface area is 435 Å². The predicted octanol–water partition coefficient (Wildman–Crippen LogP) is 9.41. The van der Waals surface area contributed by atoms with E-state index < -0.39 is 0 Å². The van der Waals surface area contributed by atoms with Crippen molar-refractivity contribution in [2.24, 2.45) is 0 Å². The fraction of sp³-hybridized carbons (Fsp3) is 0.833. The lowest BCUT2D eigenvalue weighted by molar-refractivity contribution is -0.146. The quantitative estimate of drug-likeness (QED) is 0.0313. The summed E-state index contributed by atoms with van der Waals surface area (Å²) in [5, 5.41) is 0. The van der Waals surface area contributed by atoms with Crippen molar-refractivity contribution in [3.05, 3.63) is 0 Å². The Morgan fingerprint density at radius 2 is 0.397 bits per heavy atom. The van der Waals surface area contributed by atoms with Gasteiger partial charge in [0.1, 0.15) is 6.61 Å². The Bertz CT molecular complexity index is 1470. The molecule has 0 radical (unpaired) electrons. The molecule has 422 valence electrons. The van der Waals surface area contributed by atoms with E-state index in [0.29, 0.717) is 201 Å². The molecule has 0 rings (SSSR count). The molecule has 0 saturated heterocycles. The molecule has 0 aromatic rings. The largest absolute Gasteiger partial charge is 0.466 e. The van der Waals surface area contributed by atoms with Crippen LogP contribution < -0.4 is 0 Å². The Morgan fingerprint density at radius 3 is 0.575 bits per heavy atom. The topological polar surface area (TPSA) is 246 Å². The fourth-order valence-electron chi connectivity index (χ4n) is 6.84. The molecule has 0 N–H and O–H groups in total. The molecule has 0 heterocycles. The first-order chi connectivity index (χ1) is 35.4. The maximum Gasteiger partial charge on any atom is 0.305 e. The number of esters is 9. The molecule has 0 saturated carbocycles. The van der Waals surface area contributed by atoms with Crippen LogP contribution >= 0.6 is 0 Å². The van der Waals surface area contributed by atoms with Crippen LogP contribution in [0, 0.1) is 0 Å². The van der Waals surface area contributed by atoms with Crippen molar-refractivity contribution < 1.29 is 90.5 Å². The van der Waals surface area contributed by atoms with E-state index in [1.807, 2.05) is 6.92 Å². The third-order valence-corrected chi connectivity index (χ3v) is 11.0. The molecule has 0 bridgehead atoms. The van der Waals surface area contributed by atoms with Crippen LogP contribution in [0.15, 0.2) is 0 Å². The molecule has 0 atom stereocenters. The van der Waals surface area contributed by atoms with Crippen LogP contribution in [0.25, 0.3) is 0 Å². The molecule has 0 unspecified atom stereocenters. The molecule has 73 heavy (non-hydrogen) atoms. The van der Waals surface area contributed by atoms with E-state index in [4.69, 9.17) is 47.4 Å². The van der Waals surface area contributed by atoms with Crippen molar-refractivity contribution in [3.63, 3.8) is 0 Å². The van der Waals surface area contributed by atoms with Gasteiger partial charge < -0.3 is 47.4 Å². The molecule has 0 fully saturated rings. The molecule has 0 amide bonds. The molecular weight excluding hydrogens is 953 g/mol. The van der Waals surface area contributed by atoms with E-state index in [1.165, 1.54) is 6.92 Å². The summed E-state index contributed by atoms with van der Waals surface area (Å²) in [6, 6.07) is 0. The summed E-state index contributed by atoms with van der Waals surface area (Å²) in [5.41, 5.74) is 0. The summed E-state index contributed by atoms with van der Waals surface area (Å²) in [5.74, 6) is -2.40. The van der Waals surface area contributed by atoms with Gasteiger partial charge in [-0.3, -0.25) is 43.2 Å².